The molecule has 33 heavy (non-hydrogen) atoms. The van der Waals surface area contributed by atoms with Gasteiger partial charge in [0, 0.05) is 6.54 Å². The van der Waals surface area contributed by atoms with Crippen LogP contribution in [-0.2, 0) is 26.2 Å². The number of urea groups is 1. The number of imidazole rings is 1. The van der Waals surface area contributed by atoms with Gasteiger partial charge in [0.15, 0.2) is 5.16 Å². The first-order chi connectivity index (χ1) is 15.5. The molecular weight excluding hydrogens is 468 g/mol. The number of benzene rings is 1. The van der Waals surface area contributed by atoms with Gasteiger partial charge in [-0.3, -0.25) is 15.0 Å². The summed E-state index contributed by atoms with van der Waals surface area (Å²) in [7, 11) is -3.86. The molecule has 2 heterocycles. The second-order valence-electron chi connectivity index (χ2n) is 8.49. The molecule has 1 saturated heterocycles. The summed E-state index contributed by atoms with van der Waals surface area (Å²) in [6.07, 6.45) is 2.79. The van der Waals surface area contributed by atoms with Gasteiger partial charge in [0.05, 0.1) is 21.7 Å². The number of rotatable bonds is 6. The van der Waals surface area contributed by atoms with Crippen LogP contribution in [0.25, 0.3) is 11.0 Å². The minimum atomic E-state index is -3.86. The van der Waals surface area contributed by atoms with Gasteiger partial charge in [0.25, 0.3) is 5.91 Å². The Bertz CT molecular complexity index is 1230. The van der Waals surface area contributed by atoms with Gasteiger partial charge in [0.1, 0.15) is 5.54 Å². The number of fused-ring (bicyclic) bond motifs is 1. The molecule has 1 spiro atoms. The number of hydrogen-bond donors (Lipinski definition) is 3. The van der Waals surface area contributed by atoms with Crippen LogP contribution in [0.3, 0.4) is 0 Å². The zero-order valence-corrected chi connectivity index (χ0v) is 20.0. The minimum Gasteiger partial charge on any atom is -0.322 e. The van der Waals surface area contributed by atoms with Crippen molar-refractivity contribution in [2.75, 3.05) is 5.75 Å². The molecule has 4 rings (SSSR count). The molecule has 2 fully saturated rings. The molecule has 0 radical (unpaired) electrons. The quantitative estimate of drug-likeness (QED) is 0.404. The largest absolute Gasteiger partial charge is 0.344 e. The Morgan fingerprint density at radius 1 is 1.33 bits per heavy atom. The molecule has 11 nitrogen and oxygen atoms in total. The predicted molar refractivity (Wildman–Crippen MR) is 121 cm³/mol. The van der Waals surface area contributed by atoms with E-state index in [0.717, 1.165) is 29.6 Å². The fourth-order valence-electron chi connectivity index (χ4n) is 4.28. The Morgan fingerprint density at radius 3 is 2.67 bits per heavy atom. The summed E-state index contributed by atoms with van der Waals surface area (Å²) in [6, 6.07) is 3.79. The summed E-state index contributed by atoms with van der Waals surface area (Å²) in [5, 5.41) is 9.24. The number of imide groups is 1. The van der Waals surface area contributed by atoms with Crippen molar-refractivity contribution in [3.05, 3.63) is 18.2 Å². The Morgan fingerprint density at radius 2 is 2.03 bits per heavy atom. The van der Waals surface area contributed by atoms with Gasteiger partial charge in [-0.05, 0) is 56.7 Å². The highest BCUT2D eigenvalue weighted by Gasteiger charge is 2.52. The number of nitrogens with two attached hydrogens (primary N) is 1. The highest BCUT2D eigenvalue weighted by molar-refractivity contribution is 7.99. The Kier molecular flexibility index (Phi) is 6.14. The van der Waals surface area contributed by atoms with Crippen molar-refractivity contribution in [2.24, 2.45) is 11.1 Å². The van der Waals surface area contributed by atoms with Gasteiger partial charge in [-0.15, -0.1) is 0 Å². The lowest BCUT2D eigenvalue weighted by Gasteiger charge is -2.33. The maximum absolute atomic E-state index is 12.9. The molecule has 1 aromatic heterocycles. The summed E-state index contributed by atoms with van der Waals surface area (Å²) in [5.41, 5.74) is 2.62. The lowest BCUT2D eigenvalue weighted by Crippen LogP contribution is -2.51. The van der Waals surface area contributed by atoms with E-state index in [1.165, 1.54) is 12.1 Å². The number of hydrazine groups is 1. The third kappa shape index (κ3) is 4.44. The number of nitrogens with zero attached hydrogens (tertiary/aromatic N) is 3. The number of aromatic nitrogens is 2. The average molecular weight is 495 g/mol. The molecule has 0 bridgehead atoms. The van der Waals surface area contributed by atoms with E-state index in [2.05, 4.69) is 22.7 Å². The lowest BCUT2D eigenvalue weighted by atomic mass is 9.77. The molecule has 13 heteroatoms. The van der Waals surface area contributed by atoms with Crippen LogP contribution in [0.15, 0.2) is 28.3 Å². The van der Waals surface area contributed by atoms with E-state index in [-0.39, 0.29) is 10.6 Å². The Hall–Kier alpha value is -2.64. The zero-order chi connectivity index (χ0) is 24.0. The van der Waals surface area contributed by atoms with Crippen LogP contribution in [-0.4, -0.2) is 52.1 Å². The van der Waals surface area contributed by atoms with Crippen molar-refractivity contribution in [3.63, 3.8) is 0 Å². The molecule has 2 aromatic rings. The maximum atomic E-state index is 12.9. The number of nitrogens with one attached hydrogen (secondary N) is 2. The summed E-state index contributed by atoms with van der Waals surface area (Å²) in [6.45, 7) is 4.56. The normalized spacial score (nSPS) is 23.4. The summed E-state index contributed by atoms with van der Waals surface area (Å²) in [5.74, 6) is -0.537. The fraction of sp³-hybridized carbons (Fsp3) is 0.500. The number of amides is 4. The number of thioether (sulfide) groups is 1. The number of carbonyl (C=O) groups is 3. The standard InChI is InChI=1S/C20H26N6O5S2/c1-3-25-15-5-4-13(33(21,30)31)10-14(15)22-19(25)32-11-16(27)24-26-17(28)20(23-18(26)29)8-6-12(2)7-9-20/h4-5,10,12H,3,6-9,11H2,1-2H3,(H,23,29)(H,24,27)(H2,21,30,31). The van der Waals surface area contributed by atoms with E-state index in [4.69, 9.17) is 5.14 Å². The number of sulfonamides is 1. The van der Waals surface area contributed by atoms with Crippen molar-refractivity contribution < 1.29 is 22.8 Å². The van der Waals surface area contributed by atoms with E-state index in [1.54, 1.807) is 6.07 Å². The SMILES string of the molecule is CCn1c(SCC(=O)NN2C(=O)NC3(CCC(C)CC3)C2=O)nc2cc(S(N)(=O)=O)ccc21. The predicted octanol–water partition coefficient (Wildman–Crippen LogP) is 1.33. The number of primary sulfonamides is 1. The summed E-state index contributed by atoms with van der Waals surface area (Å²) >= 11 is 1.12. The molecule has 1 aliphatic heterocycles. The first kappa shape index (κ1) is 23.5. The highest BCUT2D eigenvalue weighted by atomic mass is 32.2. The third-order valence-electron chi connectivity index (χ3n) is 6.19. The Balaban J connectivity index is 1.44. The van der Waals surface area contributed by atoms with Gasteiger partial charge < -0.3 is 9.88 Å². The van der Waals surface area contributed by atoms with E-state index in [9.17, 15) is 22.8 Å². The number of aryl methyl sites for hydroxylation is 1. The molecule has 178 valence electrons. The zero-order valence-electron chi connectivity index (χ0n) is 18.3. The molecule has 4 amide bonds. The fourth-order valence-corrected chi connectivity index (χ4v) is 5.69. The molecular formula is C20H26N6O5S2. The summed E-state index contributed by atoms with van der Waals surface area (Å²) in [4.78, 5) is 42.2. The molecule has 4 N–H and O–H groups in total. The van der Waals surface area contributed by atoms with Crippen LogP contribution in [0, 0.1) is 5.92 Å². The van der Waals surface area contributed by atoms with Crippen LogP contribution >= 0.6 is 11.8 Å². The topological polar surface area (TPSA) is 156 Å². The summed E-state index contributed by atoms with van der Waals surface area (Å²) < 4.78 is 25.1. The van der Waals surface area contributed by atoms with Crippen molar-refractivity contribution in [2.45, 2.75) is 61.7 Å². The van der Waals surface area contributed by atoms with Crippen molar-refractivity contribution in [1.29, 1.82) is 0 Å². The number of hydrogen-bond acceptors (Lipinski definition) is 7. The molecule has 0 atom stereocenters. The van der Waals surface area contributed by atoms with E-state index < -0.39 is 33.4 Å². The first-order valence-electron chi connectivity index (χ1n) is 10.7. The van der Waals surface area contributed by atoms with Crippen LogP contribution in [0.5, 0.6) is 0 Å². The monoisotopic (exact) mass is 494 g/mol. The molecule has 1 aromatic carbocycles. The second kappa shape index (κ2) is 8.61. The van der Waals surface area contributed by atoms with Crippen LogP contribution in [0.1, 0.15) is 39.5 Å². The van der Waals surface area contributed by atoms with Gasteiger partial charge in [0.2, 0.25) is 15.9 Å². The third-order valence-corrected chi connectivity index (χ3v) is 8.08. The Labute approximate surface area is 195 Å². The lowest BCUT2D eigenvalue weighted by molar-refractivity contribution is -0.139. The molecule has 1 saturated carbocycles. The van der Waals surface area contributed by atoms with Gasteiger partial charge >= 0.3 is 6.03 Å². The smallest absolute Gasteiger partial charge is 0.322 e. The van der Waals surface area contributed by atoms with Crippen LogP contribution in [0.4, 0.5) is 4.79 Å². The highest BCUT2D eigenvalue weighted by Crippen LogP contribution is 2.36. The maximum Gasteiger partial charge on any atom is 0.344 e. The average Bonchev–Trinajstić information content (AvgIpc) is 3.23. The van der Waals surface area contributed by atoms with Gasteiger partial charge in [-0.1, -0.05) is 18.7 Å². The van der Waals surface area contributed by atoms with Crippen LogP contribution in [0.2, 0.25) is 0 Å². The minimum absolute atomic E-state index is 0.0466. The molecule has 2 aliphatic rings. The van der Waals surface area contributed by atoms with Crippen molar-refractivity contribution in [3.8, 4) is 0 Å². The van der Waals surface area contributed by atoms with Crippen LogP contribution < -0.4 is 15.9 Å². The van der Waals surface area contributed by atoms with Crippen molar-refractivity contribution >= 4 is 50.7 Å². The number of carbonyl (C=O) groups excluding carboxylic acids is 3. The molecule has 1 aliphatic carbocycles. The molecule has 0 unspecified atom stereocenters. The van der Waals surface area contributed by atoms with Gasteiger partial charge in [-0.2, -0.15) is 5.01 Å². The van der Waals surface area contributed by atoms with E-state index >= 15 is 0 Å². The second-order valence-corrected chi connectivity index (χ2v) is 11.0. The van der Waals surface area contributed by atoms with E-state index in [1.807, 2.05) is 11.5 Å². The van der Waals surface area contributed by atoms with Crippen molar-refractivity contribution in [1.82, 2.24) is 25.3 Å². The van der Waals surface area contributed by atoms with Gasteiger partial charge in [-0.25, -0.2) is 23.3 Å². The van der Waals surface area contributed by atoms with E-state index in [0.29, 0.717) is 41.5 Å². The first-order valence-corrected chi connectivity index (χ1v) is 13.2.